The Bertz CT molecular complexity index is 714. The lowest BCUT2D eigenvalue weighted by Crippen LogP contribution is -1.97. The van der Waals surface area contributed by atoms with Crippen molar-refractivity contribution in [2.24, 2.45) is 0 Å². The monoisotopic (exact) mass is 276 g/mol. The standard InChI is InChI=1S/C14H13ClN2O2/c1-7(2)10-5-9(8-3-4-8)6-17-12(15)11(14(18)19)16-13(10)17/h5-6,8H,1,3-4H2,2H3,(H,18,19). The van der Waals surface area contributed by atoms with Gasteiger partial charge in [-0.2, -0.15) is 0 Å². The molecule has 1 fully saturated rings. The first-order chi connectivity index (χ1) is 8.99. The van der Waals surface area contributed by atoms with Crippen LogP contribution in [-0.4, -0.2) is 20.5 Å². The summed E-state index contributed by atoms with van der Waals surface area (Å²) in [5.41, 5.74) is 3.32. The van der Waals surface area contributed by atoms with Gasteiger partial charge < -0.3 is 5.11 Å². The van der Waals surface area contributed by atoms with Crippen molar-refractivity contribution in [3.63, 3.8) is 0 Å². The zero-order chi connectivity index (χ0) is 13.7. The second kappa shape index (κ2) is 4.10. The summed E-state index contributed by atoms with van der Waals surface area (Å²) in [4.78, 5) is 15.2. The summed E-state index contributed by atoms with van der Waals surface area (Å²) in [5.74, 6) is -0.566. The number of hydrogen-bond acceptors (Lipinski definition) is 2. The highest BCUT2D eigenvalue weighted by molar-refractivity contribution is 6.32. The molecule has 1 N–H and O–H groups in total. The highest BCUT2D eigenvalue weighted by Gasteiger charge is 2.26. The minimum Gasteiger partial charge on any atom is -0.476 e. The number of imidazole rings is 1. The molecule has 1 aliphatic carbocycles. The predicted octanol–water partition coefficient (Wildman–Crippen LogP) is 3.60. The fraction of sp³-hybridized carbons (Fsp3) is 0.286. The first kappa shape index (κ1) is 12.2. The van der Waals surface area contributed by atoms with E-state index in [-0.39, 0.29) is 10.8 Å². The number of aromatic nitrogens is 2. The van der Waals surface area contributed by atoms with Gasteiger partial charge >= 0.3 is 5.97 Å². The maximum absolute atomic E-state index is 11.1. The van der Waals surface area contributed by atoms with Gasteiger partial charge in [0.25, 0.3) is 0 Å². The van der Waals surface area contributed by atoms with Crippen LogP contribution in [0, 0.1) is 0 Å². The van der Waals surface area contributed by atoms with E-state index in [0.29, 0.717) is 11.6 Å². The predicted molar refractivity (Wildman–Crippen MR) is 73.8 cm³/mol. The molecule has 0 saturated heterocycles. The highest BCUT2D eigenvalue weighted by atomic mass is 35.5. The molecule has 19 heavy (non-hydrogen) atoms. The number of allylic oxidation sites excluding steroid dienone is 1. The molecular weight excluding hydrogens is 264 g/mol. The minimum atomic E-state index is -1.12. The van der Waals surface area contributed by atoms with Crippen LogP contribution in [0.25, 0.3) is 11.2 Å². The van der Waals surface area contributed by atoms with Crippen LogP contribution in [0.3, 0.4) is 0 Å². The second-order valence-electron chi connectivity index (χ2n) is 4.99. The van der Waals surface area contributed by atoms with Gasteiger partial charge in [-0.05, 0) is 42.9 Å². The number of halogens is 1. The molecule has 0 aliphatic heterocycles. The van der Waals surface area contributed by atoms with E-state index < -0.39 is 5.97 Å². The number of hydrogen-bond donors (Lipinski definition) is 1. The maximum atomic E-state index is 11.1. The molecule has 0 radical (unpaired) electrons. The number of carboxylic acids is 1. The number of fused-ring (bicyclic) bond motifs is 1. The van der Waals surface area contributed by atoms with Crippen molar-refractivity contribution in [3.8, 4) is 0 Å². The van der Waals surface area contributed by atoms with Gasteiger partial charge in [0.15, 0.2) is 5.69 Å². The lowest BCUT2D eigenvalue weighted by molar-refractivity contribution is 0.0691. The quantitative estimate of drug-likeness (QED) is 0.932. The first-order valence-electron chi connectivity index (χ1n) is 6.09. The summed E-state index contributed by atoms with van der Waals surface area (Å²) in [6, 6.07) is 2.05. The van der Waals surface area contributed by atoms with Crippen molar-refractivity contribution in [3.05, 3.63) is 40.8 Å². The molecule has 0 spiro atoms. The van der Waals surface area contributed by atoms with Crippen molar-refractivity contribution in [1.82, 2.24) is 9.38 Å². The summed E-state index contributed by atoms with van der Waals surface area (Å²) < 4.78 is 1.66. The molecule has 0 aromatic carbocycles. The van der Waals surface area contributed by atoms with Crippen LogP contribution < -0.4 is 0 Å². The molecule has 2 aromatic heterocycles. The van der Waals surface area contributed by atoms with Crippen molar-refractivity contribution in [2.45, 2.75) is 25.7 Å². The Labute approximate surface area is 115 Å². The molecule has 0 atom stereocenters. The van der Waals surface area contributed by atoms with Crippen LogP contribution in [0.2, 0.25) is 5.15 Å². The average molecular weight is 277 g/mol. The fourth-order valence-corrected chi connectivity index (χ4v) is 2.48. The van der Waals surface area contributed by atoms with E-state index in [4.69, 9.17) is 16.7 Å². The number of rotatable bonds is 3. The number of carboxylic acid groups (broad SMARTS) is 1. The Hall–Kier alpha value is -1.81. The summed E-state index contributed by atoms with van der Waals surface area (Å²) in [7, 11) is 0. The molecule has 98 valence electrons. The lowest BCUT2D eigenvalue weighted by Gasteiger charge is -2.07. The summed E-state index contributed by atoms with van der Waals surface area (Å²) in [5, 5.41) is 9.25. The molecule has 0 amide bonds. The molecule has 5 heteroatoms. The molecule has 3 rings (SSSR count). The van der Waals surface area contributed by atoms with Gasteiger partial charge in [0.05, 0.1) is 0 Å². The highest BCUT2D eigenvalue weighted by Crippen LogP contribution is 2.41. The van der Waals surface area contributed by atoms with Gasteiger partial charge in [0.2, 0.25) is 0 Å². The number of carbonyl (C=O) groups is 1. The lowest BCUT2D eigenvalue weighted by atomic mass is 10.1. The molecule has 2 heterocycles. The van der Waals surface area contributed by atoms with Gasteiger partial charge in [-0.15, -0.1) is 0 Å². The van der Waals surface area contributed by atoms with Gasteiger partial charge in [0, 0.05) is 11.8 Å². The van der Waals surface area contributed by atoms with Crippen molar-refractivity contribution < 1.29 is 9.90 Å². The molecule has 0 unspecified atom stereocenters. The van der Waals surface area contributed by atoms with E-state index in [0.717, 1.165) is 11.1 Å². The van der Waals surface area contributed by atoms with Gasteiger partial charge in [-0.25, -0.2) is 9.78 Å². The third-order valence-corrected chi connectivity index (χ3v) is 3.76. The summed E-state index contributed by atoms with van der Waals surface area (Å²) in [6.07, 6.45) is 4.22. The Morgan fingerprint density at radius 3 is 2.79 bits per heavy atom. The SMILES string of the molecule is C=C(C)c1cc(C2CC2)cn2c(Cl)c(C(=O)O)nc12. The third kappa shape index (κ3) is 1.92. The first-order valence-corrected chi connectivity index (χ1v) is 6.47. The average Bonchev–Trinajstić information content (AvgIpc) is 3.13. The van der Waals surface area contributed by atoms with E-state index in [9.17, 15) is 4.79 Å². The maximum Gasteiger partial charge on any atom is 0.357 e. The van der Waals surface area contributed by atoms with E-state index in [1.807, 2.05) is 19.2 Å². The molecule has 1 saturated carbocycles. The molecule has 1 aliphatic rings. The molecule has 4 nitrogen and oxygen atoms in total. The molecule has 2 aromatic rings. The minimum absolute atomic E-state index is 0.114. The fourth-order valence-electron chi connectivity index (χ4n) is 2.23. The van der Waals surface area contributed by atoms with E-state index in [1.165, 1.54) is 18.4 Å². The van der Waals surface area contributed by atoms with Crippen LogP contribution in [0.5, 0.6) is 0 Å². The van der Waals surface area contributed by atoms with Crippen molar-refractivity contribution in [2.75, 3.05) is 0 Å². The third-order valence-electron chi connectivity index (χ3n) is 3.39. The Morgan fingerprint density at radius 2 is 2.26 bits per heavy atom. The van der Waals surface area contributed by atoms with Crippen molar-refractivity contribution >= 4 is 28.8 Å². The number of aromatic carboxylic acids is 1. The summed E-state index contributed by atoms with van der Waals surface area (Å²) >= 11 is 6.12. The van der Waals surface area contributed by atoms with Gasteiger partial charge in [-0.1, -0.05) is 18.2 Å². The number of pyridine rings is 1. The van der Waals surface area contributed by atoms with E-state index in [2.05, 4.69) is 11.6 Å². The van der Waals surface area contributed by atoms with Crippen LogP contribution >= 0.6 is 11.6 Å². The smallest absolute Gasteiger partial charge is 0.357 e. The second-order valence-corrected chi connectivity index (χ2v) is 5.35. The Balaban J connectivity index is 2.34. The normalized spacial score (nSPS) is 14.8. The van der Waals surface area contributed by atoms with Crippen LogP contribution in [0.4, 0.5) is 0 Å². The van der Waals surface area contributed by atoms with Crippen LogP contribution in [0.15, 0.2) is 18.8 Å². The summed E-state index contributed by atoms with van der Waals surface area (Å²) in [6.45, 7) is 5.82. The zero-order valence-electron chi connectivity index (χ0n) is 10.5. The zero-order valence-corrected chi connectivity index (χ0v) is 11.2. The number of nitrogens with zero attached hydrogens (tertiary/aromatic N) is 2. The van der Waals surface area contributed by atoms with Crippen LogP contribution in [0.1, 0.15) is 47.3 Å². The van der Waals surface area contributed by atoms with E-state index >= 15 is 0 Å². The molecule has 0 bridgehead atoms. The van der Waals surface area contributed by atoms with Gasteiger partial charge in [0.1, 0.15) is 10.8 Å². The largest absolute Gasteiger partial charge is 0.476 e. The Kier molecular flexibility index (Phi) is 2.64. The van der Waals surface area contributed by atoms with Crippen molar-refractivity contribution in [1.29, 1.82) is 0 Å². The topological polar surface area (TPSA) is 54.6 Å². The Morgan fingerprint density at radius 1 is 1.58 bits per heavy atom. The van der Waals surface area contributed by atoms with Gasteiger partial charge in [-0.3, -0.25) is 4.40 Å². The van der Waals surface area contributed by atoms with E-state index in [1.54, 1.807) is 4.40 Å². The molecular formula is C14H13ClN2O2. The van der Waals surface area contributed by atoms with Crippen LogP contribution in [-0.2, 0) is 0 Å².